The number of nitrogens with zero attached hydrogens (tertiary/aromatic N) is 1. The number of anilines is 1. The zero-order chi connectivity index (χ0) is 14.5. The Labute approximate surface area is 123 Å². The Balaban J connectivity index is 2.21. The average molecular weight is 335 g/mol. The highest BCUT2D eigenvalue weighted by Gasteiger charge is 2.11. The Morgan fingerprint density at radius 1 is 1.25 bits per heavy atom. The van der Waals surface area contributed by atoms with Crippen LogP contribution in [0.4, 0.5) is 5.69 Å². The second kappa shape index (κ2) is 6.29. The molecule has 2 N–H and O–H groups in total. The SMILES string of the molecule is O=C(O)Cc1ccccc1NC(=O)c1ccnc(Br)c1. The van der Waals surface area contributed by atoms with E-state index in [2.05, 4.69) is 26.2 Å². The maximum atomic E-state index is 12.1. The van der Waals surface area contributed by atoms with Gasteiger partial charge in [-0.25, -0.2) is 4.98 Å². The lowest BCUT2D eigenvalue weighted by atomic mass is 10.1. The van der Waals surface area contributed by atoms with E-state index in [-0.39, 0.29) is 12.3 Å². The maximum absolute atomic E-state index is 12.1. The Morgan fingerprint density at radius 2 is 2.00 bits per heavy atom. The fourth-order valence-electron chi connectivity index (χ4n) is 1.70. The number of para-hydroxylation sites is 1. The van der Waals surface area contributed by atoms with Crippen molar-refractivity contribution in [3.8, 4) is 0 Å². The zero-order valence-electron chi connectivity index (χ0n) is 10.3. The second-order valence-corrected chi connectivity index (χ2v) is 4.86. The number of rotatable bonds is 4. The van der Waals surface area contributed by atoms with E-state index < -0.39 is 5.97 Å². The highest BCUT2D eigenvalue weighted by molar-refractivity contribution is 9.10. The number of carboxylic acids is 1. The van der Waals surface area contributed by atoms with E-state index in [1.807, 2.05) is 0 Å². The minimum atomic E-state index is -0.946. The number of aromatic nitrogens is 1. The standard InChI is InChI=1S/C14H11BrN2O3/c15-12-7-10(5-6-16-12)14(20)17-11-4-2-1-3-9(11)8-13(18)19/h1-7H,8H2,(H,17,20)(H,18,19). The van der Waals surface area contributed by atoms with Gasteiger partial charge in [0, 0.05) is 17.4 Å². The summed E-state index contributed by atoms with van der Waals surface area (Å²) in [6, 6.07) is 9.99. The monoisotopic (exact) mass is 334 g/mol. The number of carbonyl (C=O) groups excluding carboxylic acids is 1. The molecule has 0 fully saturated rings. The number of carbonyl (C=O) groups is 2. The van der Waals surface area contributed by atoms with Crippen LogP contribution < -0.4 is 5.32 Å². The van der Waals surface area contributed by atoms with Gasteiger partial charge in [-0.15, -0.1) is 0 Å². The molecule has 0 radical (unpaired) electrons. The Kier molecular flexibility index (Phi) is 4.47. The largest absolute Gasteiger partial charge is 0.481 e. The normalized spacial score (nSPS) is 10.1. The molecule has 1 amide bonds. The summed E-state index contributed by atoms with van der Waals surface area (Å²) in [7, 11) is 0. The van der Waals surface area contributed by atoms with Crippen molar-refractivity contribution in [2.24, 2.45) is 0 Å². The first kappa shape index (κ1) is 14.2. The lowest BCUT2D eigenvalue weighted by Gasteiger charge is -2.09. The molecule has 0 saturated carbocycles. The summed E-state index contributed by atoms with van der Waals surface area (Å²) in [5.41, 5.74) is 1.49. The molecule has 1 aromatic heterocycles. The van der Waals surface area contributed by atoms with Gasteiger partial charge in [0.05, 0.1) is 6.42 Å². The van der Waals surface area contributed by atoms with Gasteiger partial charge in [0.25, 0.3) is 5.91 Å². The number of carboxylic acid groups (broad SMARTS) is 1. The molecule has 5 nitrogen and oxygen atoms in total. The molecule has 1 heterocycles. The highest BCUT2D eigenvalue weighted by Crippen LogP contribution is 2.17. The topological polar surface area (TPSA) is 79.3 Å². The number of hydrogen-bond acceptors (Lipinski definition) is 3. The van der Waals surface area contributed by atoms with Crippen molar-refractivity contribution < 1.29 is 14.7 Å². The van der Waals surface area contributed by atoms with Gasteiger partial charge in [0.2, 0.25) is 0 Å². The average Bonchev–Trinajstić information content (AvgIpc) is 2.40. The fraction of sp³-hybridized carbons (Fsp3) is 0.0714. The van der Waals surface area contributed by atoms with Crippen LogP contribution in [0.1, 0.15) is 15.9 Å². The van der Waals surface area contributed by atoms with Gasteiger partial charge in [-0.3, -0.25) is 9.59 Å². The van der Waals surface area contributed by atoms with Crippen LogP contribution in [-0.2, 0) is 11.2 Å². The minimum Gasteiger partial charge on any atom is -0.481 e. The van der Waals surface area contributed by atoms with Gasteiger partial charge in [-0.1, -0.05) is 18.2 Å². The quantitative estimate of drug-likeness (QED) is 0.842. The Morgan fingerprint density at radius 3 is 2.70 bits per heavy atom. The molecular formula is C14H11BrN2O3. The smallest absolute Gasteiger partial charge is 0.307 e. The number of aliphatic carboxylic acids is 1. The third-order valence-electron chi connectivity index (χ3n) is 2.60. The number of amides is 1. The van der Waals surface area contributed by atoms with Crippen molar-refractivity contribution in [1.82, 2.24) is 4.98 Å². The van der Waals surface area contributed by atoms with Gasteiger partial charge in [-0.05, 0) is 39.7 Å². The van der Waals surface area contributed by atoms with E-state index in [0.717, 1.165) is 0 Å². The van der Waals surface area contributed by atoms with Crippen LogP contribution in [0.15, 0.2) is 47.2 Å². The number of nitrogens with one attached hydrogen (secondary N) is 1. The summed E-state index contributed by atoms with van der Waals surface area (Å²) < 4.78 is 0.559. The number of hydrogen-bond donors (Lipinski definition) is 2. The molecule has 0 aliphatic heterocycles. The first-order chi connectivity index (χ1) is 9.56. The van der Waals surface area contributed by atoms with Crippen LogP contribution in [0.3, 0.4) is 0 Å². The molecule has 0 saturated heterocycles. The van der Waals surface area contributed by atoms with E-state index in [4.69, 9.17) is 5.11 Å². The van der Waals surface area contributed by atoms with Crippen molar-refractivity contribution in [2.45, 2.75) is 6.42 Å². The van der Waals surface area contributed by atoms with Gasteiger partial charge in [0.15, 0.2) is 0 Å². The predicted octanol–water partition coefficient (Wildman–Crippen LogP) is 2.72. The van der Waals surface area contributed by atoms with Crippen LogP contribution >= 0.6 is 15.9 Å². The van der Waals surface area contributed by atoms with Crippen LogP contribution in [0, 0.1) is 0 Å². The highest BCUT2D eigenvalue weighted by atomic mass is 79.9. The molecule has 1 aromatic carbocycles. The predicted molar refractivity (Wildman–Crippen MR) is 77.7 cm³/mol. The van der Waals surface area contributed by atoms with Gasteiger partial charge < -0.3 is 10.4 Å². The van der Waals surface area contributed by atoms with Gasteiger partial charge >= 0.3 is 5.97 Å². The van der Waals surface area contributed by atoms with Crippen molar-refractivity contribution in [3.63, 3.8) is 0 Å². The second-order valence-electron chi connectivity index (χ2n) is 4.05. The molecule has 20 heavy (non-hydrogen) atoms. The third kappa shape index (κ3) is 3.64. The number of halogens is 1. The van der Waals surface area contributed by atoms with E-state index >= 15 is 0 Å². The zero-order valence-corrected chi connectivity index (χ0v) is 11.9. The molecule has 0 unspecified atom stereocenters. The molecule has 0 aliphatic rings. The molecule has 0 atom stereocenters. The van der Waals surface area contributed by atoms with Crippen molar-refractivity contribution in [2.75, 3.05) is 5.32 Å². The summed E-state index contributed by atoms with van der Waals surface area (Å²) in [6.45, 7) is 0. The molecule has 102 valence electrons. The van der Waals surface area contributed by atoms with Gasteiger partial charge in [-0.2, -0.15) is 0 Å². The summed E-state index contributed by atoms with van der Waals surface area (Å²) >= 11 is 3.19. The lowest BCUT2D eigenvalue weighted by Crippen LogP contribution is -2.14. The molecule has 0 bridgehead atoms. The van der Waals surface area contributed by atoms with Crippen LogP contribution in [-0.4, -0.2) is 22.0 Å². The van der Waals surface area contributed by atoms with E-state index in [9.17, 15) is 9.59 Å². The van der Waals surface area contributed by atoms with Crippen LogP contribution in [0.25, 0.3) is 0 Å². The summed E-state index contributed by atoms with van der Waals surface area (Å²) in [4.78, 5) is 26.8. The summed E-state index contributed by atoms with van der Waals surface area (Å²) in [5, 5.41) is 11.6. The first-order valence-electron chi connectivity index (χ1n) is 5.79. The van der Waals surface area contributed by atoms with Crippen molar-refractivity contribution >= 4 is 33.5 Å². The molecule has 2 aromatic rings. The van der Waals surface area contributed by atoms with Crippen molar-refractivity contribution in [3.05, 3.63) is 58.3 Å². The summed E-state index contributed by atoms with van der Waals surface area (Å²) in [5.74, 6) is -1.26. The van der Waals surface area contributed by atoms with E-state index in [0.29, 0.717) is 21.4 Å². The van der Waals surface area contributed by atoms with Gasteiger partial charge in [0.1, 0.15) is 4.60 Å². The Hall–Kier alpha value is -2.21. The van der Waals surface area contributed by atoms with Crippen LogP contribution in [0.5, 0.6) is 0 Å². The van der Waals surface area contributed by atoms with Crippen molar-refractivity contribution in [1.29, 1.82) is 0 Å². The number of benzene rings is 1. The van der Waals surface area contributed by atoms with E-state index in [1.165, 1.54) is 6.20 Å². The maximum Gasteiger partial charge on any atom is 0.307 e. The van der Waals surface area contributed by atoms with Crippen LogP contribution in [0.2, 0.25) is 0 Å². The Bertz CT molecular complexity index is 658. The minimum absolute atomic E-state index is 0.142. The molecule has 0 aliphatic carbocycles. The molecule has 2 rings (SSSR count). The fourth-order valence-corrected chi connectivity index (χ4v) is 2.06. The lowest BCUT2D eigenvalue weighted by molar-refractivity contribution is -0.136. The van der Waals surface area contributed by atoms with E-state index in [1.54, 1.807) is 36.4 Å². The molecule has 0 spiro atoms. The number of pyridine rings is 1. The molecular weight excluding hydrogens is 324 g/mol. The molecule has 6 heteroatoms. The first-order valence-corrected chi connectivity index (χ1v) is 6.58. The summed E-state index contributed by atoms with van der Waals surface area (Å²) in [6.07, 6.45) is 1.37. The third-order valence-corrected chi connectivity index (χ3v) is 3.03.